The molecule has 188 valence electrons. The van der Waals surface area contributed by atoms with Gasteiger partial charge in [0.1, 0.15) is 5.60 Å². The first-order valence-corrected chi connectivity index (χ1v) is 11.4. The zero-order valence-corrected chi connectivity index (χ0v) is 20.5. The number of hydrogen-bond acceptors (Lipinski definition) is 9. The molecule has 9 nitrogen and oxygen atoms in total. The molecule has 0 aliphatic carbocycles. The molecule has 3 rings (SSSR count). The van der Waals surface area contributed by atoms with Crippen LogP contribution >= 0.6 is 0 Å². The minimum absolute atomic E-state index is 0.0195. The van der Waals surface area contributed by atoms with Gasteiger partial charge in [-0.2, -0.15) is 0 Å². The summed E-state index contributed by atoms with van der Waals surface area (Å²) in [6, 6.07) is 0. The summed E-state index contributed by atoms with van der Waals surface area (Å²) < 4.78 is 22.9. The van der Waals surface area contributed by atoms with E-state index >= 15 is 0 Å². The van der Waals surface area contributed by atoms with E-state index in [9.17, 15) is 24.6 Å². The largest absolute Gasteiger partial charge is 0.454 e. The zero-order valence-electron chi connectivity index (χ0n) is 20.5. The second-order valence-electron chi connectivity index (χ2n) is 9.99. The Kier molecular flexibility index (Phi) is 7.13. The molecule has 3 saturated heterocycles. The predicted molar refractivity (Wildman–Crippen MR) is 120 cm³/mol. The van der Waals surface area contributed by atoms with E-state index in [1.165, 1.54) is 13.0 Å². The Hall–Kier alpha value is -2.49. The summed E-state index contributed by atoms with van der Waals surface area (Å²) >= 11 is 0. The molecule has 3 aliphatic heterocycles. The number of hydrogen-bond donors (Lipinski definition) is 2. The SMILES string of the molecule is C=C1C(=O)OC2C1C(OC(=O)C=C(C)C)C1(O)OC(CC1C)CC(C)(O)C2OC(=O)C(C)=CC. The van der Waals surface area contributed by atoms with E-state index in [4.69, 9.17) is 18.9 Å². The molecule has 0 amide bonds. The maximum Gasteiger partial charge on any atom is 0.334 e. The lowest BCUT2D eigenvalue weighted by atomic mass is 9.75. The number of carbonyl (C=O) groups is 3. The van der Waals surface area contributed by atoms with Crippen molar-refractivity contribution in [1.29, 1.82) is 0 Å². The topological polar surface area (TPSA) is 129 Å². The number of aliphatic hydroxyl groups is 2. The van der Waals surface area contributed by atoms with Gasteiger partial charge in [-0.3, -0.25) is 0 Å². The van der Waals surface area contributed by atoms with Crippen molar-refractivity contribution in [2.45, 2.75) is 90.2 Å². The Morgan fingerprint density at radius 3 is 2.41 bits per heavy atom. The van der Waals surface area contributed by atoms with E-state index < -0.39 is 65.5 Å². The number of ether oxygens (including phenoxy) is 4. The van der Waals surface area contributed by atoms with E-state index in [0.29, 0.717) is 17.6 Å². The molecule has 8 atom stereocenters. The van der Waals surface area contributed by atoms with Crippen molar-refractivity contribution in [1.82, 2.24) is 0 Å². The van der Waals surface area contributed by atoms with Crippen LogP contribution in [0.4, 0.5) is 0 Å². The van der Waals surface area contributed by atoms with Crippen molar-refractivity contribution in [2.75, 3.05) is 0 Å². The van der Waals surface area contributed by atoms with Crippen LogP contribution in [-0.4, -0.2) is 63.9 Å². The van der Waals surface area contributed by atoms with Gasteiger partial charge in [0.05, 0.1) is 12.0 Å². The molecule has 0 aromatic carbocycles. The molecule has 3 heterocycles. The number of allylic oxidation sites excluding steroid dienone is 2. The first-order chi connectivity index (χ1) is 15.7. The molecular weight excluding hydrogens is 444 g/mol. The summed E-state index contributed by atoms with van der Waals surface area (Å²) in [6.45, 7) is 13.7. The van der Waals surface area contributed by atoms with Crippen molar-refractivity contribution in [3.05, 3.63) is 35.5 Å². The quantitative estimate of drug-likeness (QED) is 0.355. The third-order valence-electron chi connectivity index (χ3n) is 6.86. The van der Waals surface area contributed by atoms with E-state index in [2.05, 4.69) is 6.58 Å². The highest BCUT2D eigenvalue weighted by Gasteiger charge is 2.65. The van der Waals surface area contributed by atoms with Gasteiger partial charge in [0.25, 0.3) is 0 Å². The second kappa shape index (κ2) is 9.28. The van der Waals surface area contributed by atoms with Crippen LogP contribution in [0.3, 0.4) is 0 Å². The maximum absolute atomic E-state index is 12.7. The summed E-state index contributed by atoms with van der Waals surface area (Å²) in [5.41, 5.74) is -0.809. The van der Waals surface area contributed by atoms with Crippen molar-refractivity contribution in [2.24, 2.45) is 11.8 Å². The van der Waals surface area contributed by atoms with Gasteiger partial charge in [0, 0.05) is 29.6 Å². The zero-order chi connectivity index (χ0) is 25.6. The molecule has 0 saturated carbocycles. The fourth-order valence-corrected chi connectivity index (χ4v) is 4.94. The number of carbonyl (C=O) groups excluding carboxylic acids is 3. The van der Waals surface area contributed by atoms with Crippen LogP contribution < -0.4 is 0 Å². The minimum Gasteiger partial charge on any atom is -0.454 e. The molecule has 9 heteroatoms. The van der Waals surface area contributed by atoms with E-state index in [-0.39, 0.29) is 12.0 Å². The number of esters is 3. The lowest BCUT2D eigenvalue weighted by molar-refractivity contribution is -0.276. The Morgan fingerprint density at radius 2 is 1.82 bits per heavy atom. The van der Waals surface area contributed by atoms with Crippen LogP contribution in [0, 0.1) is 11.8 Å². The van der Waals surface area contributed by atoms with Gasteiger partial charge in [-0.05, 0) is 41.0 Å². The first kappa shape index (κ1) is 26.1. The predicted octanol–water partition coefficient (Wildman–Crippen LogP) is 2.11. The number of rotatable bonds is 4. The summed E-state index contributed by atoms with van der Waals surface area (Å²) in [6.07, 6.45) is -1.51. The van der Waals surface area contributed by atoms with Crippen LogP contribution in [0.5, 0.6) is 0 Å². The lowest BCUT2D eigenvalue weighted by Crippen LogP contribution is -2.58. The first-order valence-electron chi connectivity index (χ1n) is 11.4. The normalized spacial score (nSPS) is 39.8. The highest BCUT2D eigenvalue weighted by atomic mass is 16.7. The molecule has 2 N–H and O–H groups in total. The highest BCUT2D eigenvalue weighted by molar-refractivity contribution is 5.92. The van der Waals surface area contributed by atoms with Gasteiger partial charge < -0.3 is 29.2 Å². The third-order valence-corrected chi connectivity index (χ3v) is 6.86. The van der Waals surface area contributed by atoms with Crippen molar-refractivity contribution in [3.8, 4) is 0 Å². The van der Waals surface area contributed by atoms with E-state index in [1.807, 2.05) is 0 Å². The third kappa shape index (κ3) is 4.69. The molecule has 34 heavy (non-hydrogen) atoms. The summed E-state index contributed by atoms with van der Waals surface area (Å²) in [5.74, 6) is -5.87. The lowest BCUT2D eigenvalue weighted by Gasteiger charge is -2.41. The molecule has 8 unspecified atom stereocenters. The van der Waals surface area contributed by atoms with Crippen LogP contribution in [0.25, 0.3) is 0 Å². The van der Waals surface area contributed by atoms with Crippen LogP contribution in [-0.2, 0) is 33.3 Å². The number of fused-ring (bicyclic) bond motifs is 3. The summed E-state index contributed by atoms with van der Waals surface area (Å²) in [4.78, 5) is 38.0. The monoisotopic (exact) mass is 478 g/mol. The minimum atomic E-state index is -1.98. The van der Waals surface area contributed by atoms with Crippen molar-refractivity contribution < 1.29 is 43.5 Å². The van der Waals surface area contributed by atoms with Crippen molar-refractivity contribution >= 4 is 17.9 Å². The van der Waals surface area contributed by atoms with Gasteiger partial charge in [-0.25, -0.2) is 14.4 Å². The van der Waals surface area contributed by atoms with E-state index in [0.717, 1.165) is 0 Å². The van der Waals surface area contributed by atoms with Crippen LogP contribution in [0.1, 0.15) is 54.4 Å². The Labute approximate surface area is 199 Å². The smallest absolute Gasteiger partial charge is 0.334 e. The summed E-state index contributed by atoms with van der Waals surface area (Å²) in [5, 5.41) is 23.1. The standard InChI is InChI=1S/C25H34O9/c1-8-13(4)22(27)33-21-19-18(15(6)23(28)32-19)20(31-17(26)9-12(2)3)25(30)14(5)10-16(34-25)11-24(21,7)29/h8-9,14,16,18-21,29-30H,6,10-11H2,1-5,7H3. The molecule has 3 aliphatic rings. The van der Waals surface area contributed by atoms with Crippen molar-refractivity contribution in [3.63, 3.8) is 0 Å². The highest BCUT2D eigenvalue weighted by Crippen LogP contribution is 2.50. The fourth-order valence-electron chi connectivity index (χ4n) is 4.94. The van der Waals surface area contributed by atoms with Crippen LogP contribution in [0.15, 0.2) is 35.5 Å². The fraction of sp³-hybridized carbons (Fsp3) is 0.640. The molecule has 0 spiro atoms. The average Bonchev–Trinajstić information content (AvgIpc) is 3.17. The second-order valence-corrected chi connectivity index (χ2v) is 9.99. The molecule has 0 aromatic heterocycles. The summed E-state index contributed by atoms with van der Waals surface area (Å²) in [7, 11) is 0. The van der Waals surface area contributed by atoms with Gasteiger partial charge in [0.15, 0.2) is 18.3 Å². The van der Waals surface area contributed by atoms with Gasteiger partial charge >= 0.3 is 17.9 Å². The molecule has 0 radical (unpaired) electrons. The molecule has 3 fully saturated rings. The van der Waals surface area contributed by atoms with Crippen LogP contribution in [0.2, 0.25) is 0 Å². The Bertz CT molecular complexity index is 942. The molecular formula is C25H34O9. The van der Waals surface area contributed by atoms with Gasteiger partial charge in [-0.1, -0.05) is 25.2 Å². The average molecular weight is 479 g/mol. The molecule has 0 aromatic rings. The van der Waals surface area contributed by atoms with Gasteiger partial charge in [0.2, 0.25) is 5.79 Å². The maximum atomic E-state index is 12.7. The van der Waals surface area contributed by atoms with Gasteiger partial charge in [-0.15, -0.1) is 0 Å². The Balaban J connectivity index is 2.16. The Morgan fingerprint density at radius 1 is 1.18 bits per heavy atom. The van der Waals surface area contributed by atoms with E-state index in [1.54, 1.807) is 40.7 Å². The molecule has 2 bridgehead atoms.